The van der Waals surface area contributed by atoms with Crippen molar-refractivity contribution in [1.29, 1.82) is 0 Å². The first kappa shape index (κ1) is 27.5. The van der Waals surface area contributed by atoms with Gasteiger partial charge in [0, 0.05) is 29.9 Å². The van der Waals surface area contributed by atoms with E-state index in [9.17, 15) is 18.4 Å². The number of halogens is 2. The normalized spacial score (nSPS) is 15.5. The Labute approximate surface area is 235 Å². The fourth-order valence-corrected chi connectivity index (χ4v) is 5.86. The second-order valence-electron chi connectivity index (χ2n) is 10.6. The van der Waals surface area contributed by atoms with E-state index in [1.807, 2.05) is 32.9 Å². The fourth-order valence-electron chi connectivity index (χ4n) is 4.67. The van der Waals surface area contributed by atoms with Crippen molar-refractivity contribution in [3.63, 3.8) is 0 Å². The highest BCUT2D eigenvalue weighted by atomic mass is 32.2. The highest BCUT2D eigenvalue weighted by molar-refractivity contribution is 8.00. The van der Waals surface area contributed by atoms with Crippen LogP contribution >= 0.6 is 11.8 Å². The van der Waals surface area contributed by atoms with E-state index < -0.39 is 16.5 Å². The largest absolute Gasteiger partial charge is 0.350 e. The summed E-state index contributed by atoms with van der Waals surface area (Å²) in [5, 5.41) is 7.38. The van der Waals surface area contributed by atoms with E-state index in [1.165, 1.54) is 40.9 Å². The Morgan fingerprint density at radius 2 is 1.85 bits per heavy atom. The highest BCUT2D eigenvalue weighted by Gasteiger charge is 2.40. The van der Waals surface area contributed by atoms with Gasteiger partial charge in [0.15, 0.2) is 0 Å². The SMILES string of the molecule is CC(C)(C)c1nn(-c2ccc(F)cc2)c2c1C(c1cccc(F)c1)SCC(=O)N2CC(=O)NCc1cccnc1. The van der Waals surface area contributed by atoms with Gasteiger partial charge in [-0.1, -0.05) is 39.0 Å². The molecular formula is C30H29F2N5O2S. The van der Waals surface area contributed by atoms with Crippen LogP contribution in [0.3, 0.4) is 0 Å². The number of nitrogens with zero attached hydrogens (tertiary/aromatic N) is 4. The lowest BCUT2D eigenvalue weighted by atomic mass is 9.87. The number of carbonyl (C=O) groups is 2. The van der Waals surface area contributed by atoms with E-state index >= 15 is 0 Å². The quantitative estimate of drug-likeness (QED) is 0.344. The molecule has 206 valence electrons. The highest BCUT2D eigenvalue weighted by Crippen LogP contribution is 2.48. The van der Waals surface area contributed by atoms with E-state index in [0.717, 1.165) is 11.1 Å². The molecule has 0 saturated heterocycles. The standard InChI is InChI=1S/C30H29F2N5O2S/c1-30(2,3)28-26-27(20-7-4-8-22(32)14-20)40-18-25(39)36(17-24(38)34-16-19-6-5-13-33-15-19)29(26)37(35-28)23-11-9-21(31)10-12-23/h4-15,27H,16-18H2,1-3H3,(H,34,38). The van der Waals surface area contributed by atoms with Crippen LogP contribution in [0.2, 0.25) is 0 Å². The Morgan fingerprint density at radius 3 is 2.52 bits per heavy atom. The van der Waals surface area contributed by atoms with Gasteiger partial charge in [0.2, 0.25) is 11.8 Å². The lowest BCUT2D eigenvalue weighted by Crippen LogP contribution is -2.42. The van der Waals surface area contributed by atoms with Crippen molar-refractivity contribution in [2.45, 2.75) is 38.0 Å². The summed E-state index contributed by atoms with van der Waals surface area (Å²) >= 11 is 1.37. The van der Waals surface area contributed by atoms with E-state index in [2.05, 4.69) is 10.3 Å². The zero-order valence-corrected chi connectivity index (χ0v) is 23.2. The van der Waals surface area contributed by atoms with E-state index in [1.54, 1.807) is 41.3 Å². The minimum Gasteiger partial charge on any atom is -0.350 e. The summed E-state index contributed by atoms with van der Waals surface area (Å²) < 4.78 is 29.9. The number of amides is 2. The van der Waals surface area contributed by atoms with Gasteiger partial charge >= 0.3 is 0 Å². The van der Waals surface area contributed by atoms with Crippen molar-refractivity contribution >= 4 is 29.4 Å². The third-order valence-corrected chi connectivity index (χ3v) is 7.79. The van der Waals surface area contributed by atoms with E-state index in [-0.39, 0.29) is 36.5 Å². The molecule has 40 heavy (non-hydrogen) atoms. The molecule has 1 aliphatic rings. The number of hydrogen-bond donors (Lipinski definition) is 1. The van der Waals surface area contributed by atoms with Crippen LogP contribution in [-0.2, 0) is 21.5 Å². The predicted molar refractivity (Wildman–Crippen MR) is 151 cm³/mol. The monoisotopic (exact) mass is 561 g/mol. The van der Waals surface area contributed by atoms with Gasteiger partial charge in [-0.3, -0.25) is 19.5 Å². The van der Waals surface area contributed by atoms with Gasteiger partial charge in [-0.25, -0.2) is 13.5 Å². The Balaban J connectivity index is 1.65. The molecule has 2 aromatic heterocycles. The molecule has 1 atom stereocenters. The van der Waals surface area contributed by atoms with Crippen molar-refractivity contribution in [2.75, 3.05) is 17.2 Å². The number of pyridine rings is 1. The lowest BCUT2D eigenvalue weighted by molar-refractivity contribution is -0.123. The van der Waals surface area contributed by atoms with Gasteiger partial charge in [-0.15, -0.1) is 11.8 Å². The number of nitrogens with one attached hydrogen (secondary N) is 1. The maximum atomic E-state index is 14.4. The van der Waals surface area contributed by atoms with Crippen molar-refractivity contribution < 1.29 is 18.4 Å². The first-order chi connectivity index (χ1) is 19.1. The zero-order chi connectivity index (χ0) is 28.4. The number of carbonyl (C=O) groups excluding carboxylic acids is 2. The summed E-state index contributed by atoms with van der Waals surface area (Å²) in [6.45, 7) is 6.03. The van der Waals surface area contributed by atoms with Crippen LogP contribution in [0, 0.1) is 11.6 Å². The van der Waals surface area contributed by atoms with Crippen molar-refractivity contribution in [3.05, 3.63) is 107 Å². The van der Waals surface area contributed by atoms with Gasteiger partial charge < -0.3 is 5.32 Å². The van der Waals surface area contributed by atoms with E-state index in [0.29, 0.717) is 22.8 Å². The predicted octanol–water partition coefficient (Wildman–Crippen LogP) is 5.33. The molecule has 4 aromatic rings. The van der Waals surface area contributed by atoms with E-state index in [4.69, 9.17) is 5.10 Å². The van der Waals surface area contributed by atoms with Crippen molar-refractivity contribution in [2.24, 2.45) is 0 Å². The molecule has 5 rings (SSSR count). The molecule has 1 aliphatic heterocycles. The summed E-state index contributed by atoms with van der Waals surface area (Å²) in [7, 11) is 0. The number of aromatic nitrogens is 3. The molecule has 7 nitrogen and oxygen atoms in total. The molecule has 10 heteroatoms. The number of rotatable bonds is 6. The van der Waals surface area contributed by atoms with Crippen molar-refractivity contribution in [1.82, 2.24) is 20.1 Å². The smallest absolute Gasteiger partial charge is 0.240 e. The zero-order valence-electron chi connectivity index (χ0n) is 22.4. The molecule has 3 heterocycles. The molecule has 0 saturated carbocycles. The molecule has 2 amide bonds. The maximum Gasteiger partial charge on any atom is 0.240 e. The van der Waals surface area contributed by atoms with Crippen LogP contribution in [0.15, 0.2) is 73.1 Å². The topological polar surface area (TPSA) is 80.1 Å². The van der Waals surface area contributed by atoms with Crippen LogP contribution in [0.25, 0.3) is 5.69 Å². The molecule has 1 N–H and O–H groups in total. The maximum absolute atomic E-state index is 14.4. The number of hydrogen-bond acceptors (Lipinski definition) is 5. The molecule has 0 bridgehead atoms. The average molecular weight is 562 g/mol. The Bertz CT molecular complexity index is 1530. The molecule has 1 unspecified atom stereocenters. The van der Waals surface area contributed by atoms with Gasteiger partial charge in [-0.2, -0.15) is 5.10 Å². The number of anilines is 1. The first-order valence-corrected chi connectivity index (χ1v) is 13.9. The summed E-state index contributed by atoms with van der Waals surface area (Å²) in [5.74, 6) is -0.957. The summed E-state index contributed by atoms with van der Waals surface area (Å²) in [4.78, 5) is 32.4. The number of fused-ring (bicyclic) bond motifs is 1. The number of benzene rings is 2. The van der Waals surface area contributed by atoms with Gasteiger partial charge in [0.1, 0.15) is 24.0 Å². The second kappa shape index (κ2) is 11.2. The van der Waals surface area contributed by atoms with Crippen LogP contribution in [0.4, 0.5) is 14.6 Å². The minimum absolute atomic E-state index is 0.0682. The Morgan fingerprint density at radius 1 is 1.07 bits per heavy atom. The molecule has 0 spiro atoms. The third-order valence-electron chi connectivity index (χ3n) is 6.54. The van der Waals surface area contributed by atoms with Gasteiger partial charge in [0.05, 0.1) is 22.4 Å². The molecule has 2 aromatic carbocycles. The summed E-state index contributed by atoms with van der Waals surface area (Å²) in [6, 6.07) is 15.7. The Hall–Kier alpha value is -4.05. The minimum atomic E-state index is -0.469. The summed E-state index contributed by atoms with van der Waals surface area (Å²) in [6.07, 6.45) is 3.31. The number of thioether (sulfide) groups is 1. The van der Waals surface area contributed by atoms with Gasteiger partial charge in [-0.05, 0) is 53.6 Å². The summed E-state index contributed by atoms with van der Waals surface area (Å²) in [5.41, 5.74) is 3.00. The lowest BCUT2D eigenvalue weighted by Gasteiger charge is -2.24. The van der Waals surface area contributed by atoms with Crippen LogP contribution < -0.4 is 10.2 Å². The molecule has 0 radical (unpaired) electrons. The first-order valence-electron chi connectivity index (χ1n) is 12.8. The third kappa shape index (κ3) is 5.77. The van der Waals surface area contributed by atoms with Crippen LogP contribution in [0.1, 0.15) is 48.4 Å². The van der Waals surface area contributed by atoms with Crippen LogP contribution in [0.5, 0.6) is 0 Å². The van der Waals surface area contributed by atoms with Crippen LogP contribution in [-0.4, -0.2) is 38.9 Å². The molecule has 0 fully saturated rings. The Kier molecular flexibility index (Phi) is 7.71. The second-order valence-corrected chi connectivity index (χ2v) is 11.7. The van der Waals surface area contributed by atoms with Crippen molar-refractivity contribution in [3.8, 4) is 5.69 Å². The average Bonchev–Trinajstić information content (AvgIpc) is 3.26. The fraction of sp³-hybridized carbons (Fsp3) is 0.267. The molecular weight excluding hydrogens is 532 g/mol. The van der Waals surface area contributed by atoms with Gasteiger partial charge in [0.25, 0.3) is 0 Å². The molecule has 0 aliphatic carbocycles.